The van der Waals surface area contributed by atoms with Crippen LogP contribution in [0.1, 0.15) is 34.6 Å². The average Bonchev–Trinajstić information content (AvgIpc) is 2.57. The average molecular weight is 241 g/mol. The molecule has 98 valence electrons. The van der Waals surface area contributed by atoms with Crippen molar-refractivity contribution >= 4 is 6.09 Å². The number of carbonyl (C=O) groups excluding carboxylic acids is 1. The third-order valence-corrected chi connectivity index (χ3v) is 2.71. The Balaban J connectivity index is 2.76. The predicted molar refractivity (Wildman–Crippen MR) is 66.7 cm³/mol. The molecule has 1 rings (SSSR count). The van der Waals surface area contributed by atoms with E-state index in [9.17, 15) is 9.90 Å². The van der Waals surface area contributed by atoms with Crippen LogP contribution in [0.4, 0.5) is 4.79 Å². The van der Waals surface area contributed by atoms with Gasteiger partial charge < -0.3 is 9.84 Å². The second kappa shape index (κ2) is 5.08. The number of ether oxygens (including phenoxy) is 1. The summed E-state index contributed by atoms with van der Waals surface area (Å²) in [6, 6.07) is -0.0464. The van der Waals surface area contributed by atoms with Crippen LogP contribution in [0, 0.1) is 5.92 Å². The number of hydrogen-bond donors (Lipinski definition) is 1. The van der Waals surface area contributed by atoms with Crippen LogP contribution >= 0.6 is 0 Å². The lowest BCUT2D eigenvalue weighted by Crippen LogP contribution is -2.43. The van der Waals surface area contributed by atoms with Crippen LogP contribution < -0.4 is 0 Å². The van der Waals surface area contributed by atoms with Gasteiger partial charge in [0.2, 0.25) is 0 Å². The Kier molecular flexibility index (Phi) is 4.20. The second-order valence-electron chi connectivity index (χ2n) is 5.76. The standard InChI is InChI=1S/C13H23NO3/c1-9(2)11-10(8-15)6-7-14(11)12(16)17-13(3,4)5/h6,9,11,15H,7-8H2,1-5H3. The highest BCUT2D eigenvalue weighted by Crippen LogP contribution is 2.26. The van der Waals surface area contributed by atoms with E-state index in [2.05, 4.69) is 0 Å². The molecule has 1 heterocycles. The summed E-state index contributed by atoms with van der Waals surface area (Å²) in [6.07, 6.45) is 1.60. The van der Waals surface area contributed by atoms with Gasteiger partial charge in [-0.2, -0.15) is 0 Å². The van der Waals surface area contributed by atoms with Crippen LogP contribution in [-0.2, 0) is 4.74 Å². The normalized spacial score (nSPS) is 20.8. The van der Waals surface area contributed by atoms with Crippen molar-refractivity contribution in [3.63, 3.8) is 0 Å². The number of rotatable bonds is 2. The Labute approximate surface area is 103 Å². The molecular weight excluding hydrogens is 218 g/mol. The van der Waals surface area contributed by atoms with Gasteiger partial charge in [0.1, 0.15) is 5.60 Å². The Morgan fingerprint density at radius 1 is 1.59 bits per heavy atom. The summed E-state index contributed by atoms with van der Waals surface area (Å²) in [4.78, 5) is 13.7. The summed E-state index contributed by atoms with van der Waals surface area (Å²) < 4.78 is 5.37. The van der Waals surface area contributed by atoms with Crippen LogP contribution in [0.3, 0.4) is 0 Å². The first kappa shape index (κ1) is 14.0. The highest BCUT2D eigenvalue weighted by molar-refractivity contribution is 5.70. The molecule has 1 atom stereocenters. The molecule has 0 aromatic heterocycles. The molecule has 4 nitrogen and oxygen atoms in total. The molecule has 0 aromatic rings. The molecule has 4 heteroatoms. The molecule has 0 bridgehead atoms. The molecule has 0 radical (unpaired) electrons. The second-order valence-corrected chi connectivity index (χ2v) is 5.76. The number of aliphatic hydroxyl groups excluding tert-OH is 1. The third kappa shape index (κ3) is 3.46. The van der Waals surface area contributed by atoms with Gasteiger partial charge in [-0.15, -0.1) is 0 Å². The molecule has 0 spiro atoms. The number of carbonyl (C=O) groups is 1. The molecule has 0 aromatic carbocycles. The van der Waals surface area contributed by atoms with Gasteiger partial charge in [0.05, 0.1) is 12.6 Å². The van der Waals surface area contributed by atoms with Crippen molar-refractivity contribution in [3.05, 3.63) is 11.6 Å². The minimum atomic E-state index is -0.486. The molecule has 1 N–H and O–H groups in total. The summed E-state index contributed by atoms with van der Waals surface area (Å²) in [5, 5.41) is 9.27. The molecule has 1 aliphatic rings. The van der Waals surface area contributed by atoms with Gasteiger partial charge in [-0.25, -0.2) is 4.79 Å². The highest BCUT2D eigenvalue weighted by atomic mass is 16.6. The Bertz CT molecular complexity index is 315. The van der Waals surface area contributed by atoms with Crippen molar-refractivity contribution in [2.75, 3.05) is 13.2 Å². The monoisotopic (exact) mass is 241 g/mol. The van der Waals surface area contributed by atoms with Gasteiger partial charge in [-0.3, -0.25) is 4.90 Å². The van der Waals surface area contributed by atoms with E-state index in [1.807, 2.05) is 40.7 Å². The summed E-state index contributed by atoms with van der Waals surface area (Å²) in [5.74, 6) is 0.267. The molecular formula is C13H23NO3. The maximum Gasteiger partial charge on any atom is 0.411 e. The summed E-state index contributed by atoms with van der Waals surface area (Å²) in [6.45, 7) is 10.2. The molecule has 17 heavy (non-hydrogen) atoms. The van der Waals surface area contributed by atoms with E-state index in [4.69, 9.17) is 4.74 Å². The van der Waals surface area contributed by atoms with Crippen molar-refractivity contribution in [2.45, 2.75) is 46.3 Å². The SMILES string of the molecule is CC(C)C1C(CO)=CCN1C(=O)OC(C)(C)C. The van der Waals surface area contributed by atoms with E-state index in [1.54, 1.807) is 4.90 Å². The van der Waals surface area contributed by atoms with E-state index < -0.39 is 5.60 Å². The lowest BCUT2D eigenvalue weighted by molar-refractivity contribution is 0.0198. The minimum absolute atomic E-state index is 0.00213. The van der Waals surface area contributed by atoms with Crippen molar-refractivity contribution in [1.82, 2.24) is 4.90 Å². The first-order valence-electron chi connectivity index (χ1n) is 6.05. The van der Waals surface area contributed by atoms with Crippen molar-refractivity contribution < 1.29 is 14.6 Å². The topological polar surface area (TPSA) is 49.8 Å². The lowest BCUT2D eigenvalue weighted by atomic mass is 9.98. The fraction of sp³-hybridized carbons (Fsp3) is 0.769. The summed E-state index contributed by atoms with van der Waals surface area (Å²) >= 11 is 0. The zero-order chi connectivity index (χ0) is 13.2. The van der Waals surface area contributed by atoms with Crippen LogP contribution in [-0.4, -0.2) is 40.9 Å². The summed E-state index contributed by atoms with van der Waals surface area (Å²) in [7, 11) is 0. The Morgan fingerprint density at radius 2 is 2.18 bits per heavy atom. The van der Waals surface area contributed by atoms with E-state index in [0.717, 1.165) is 5.57 Å². The molecule has 1 aliphatic heterocycles. The maximum atomic E-state index is 12.0. The number of hydrogen-bond acceptors (Lipinski definition) is 3. The quantitative estimate of drug-likeness (QED) is 0.754. The highest BCUT2D eigenvalue weighted by Gasteiger charge is 2.35. The van der Waals surface area contributed by atoms with Crippen molar-refractivity contribution in [2.24, 2.45) is 5.92 Å². The molecule has 0 saturated carbocycles. The van der Waals surface area contributed by atoms with E-state index in [1.165, 1.54) is 0 Å². The van der Waals surface area contributed by atoms with E-state index >= 15 is 0 Å². The maximum absolute atomic E-state index is 12.0. The van der Waals surface area contributed by atoms with Crippen molar-refractivity contribution in [1.29, 1.82) is 0 Å². The third-order valence-electron chi connectivity index (χ3n) is 2.71. The molecule has 1 unspecified atom stereocenters. The van der Waals surface area contributed by atoms with Gasteiger partial charge in [0.15, 0.2) is 0 Å². The first-order valence-corrected chi connectivity index (χ1v) is 6.05. The summed E-state index contributed by atoms with van der Waals surface area (Å²) in [5.41, 5.74) is 0.423. The number of amides is 1. The largest absolute Gasteiger partial charge is 0.444 e. The fourth-order valence-electron chi connectivity index (χ4n) is 2.10. The zero-order valence-corrected chi connectivity index (χ0v) is 11.4. The van der Waals surface area contributed by atoms with Crippen LogP contribution in [0.2, 0.25) is 0 Å². The van der Waals surface area contributed by atoms with Gasteiger partial charge in [-0.1, -0.05) is 19.9 Å². The Hall–Kier alpha value is -1.03. The smallest absolute Gasteiger partial charge is 0.411 e. The Morgan fingerprint density at radius 3 is 2.59 bits per heavy atom. The minimum Gasteiger partial charge on any atom is -0.444 e. The first-order chi connectivity index (χ1) is 7.76. The van der Waals surface area contributed by atoms with Gasteiger partial charge in [0.25, 0.3) is 0 Å². The lowest BCUT2D eigenvalue weighted by Gasteiger charge is -2.32. The van der Waals surface area contributed by atoms with Crippen LogP contribution in [0.5, 0.6) is 0 Å². The predicted octanol–water partition coefficient (Wildman–Crippen LogP) is 2.18. The van der Waals surface area contributed by atoms with Crippen molar-refractivity contribution in [3.8, 4) is 0 Å². The van der Waals surface area contributed by atoms with Crippen LogP contribution in [0.15, 0.2) is 11.6 Å². The van der Waals surface area contributed by atoms with E-state index in [-0.39, 0.29) is 24.7 Å². The molecule has 1 amide bonds. The van der Waals surface area contributed by atoms with Crippen LogP contribution in [0.25, 0.3) is 0 Å². The zero-order valence-electron chi connectivity index (χ0n) is 11.4. The van der Waals surface area contributed by atoms with Gasteiger partial charge in [0, 0.05) is 6.54 Å². The van der Waals surface area contributed by atoms with E-state index in [0.29, 0.717) is 6.54 Å². The number of aliphatic hydroxyl groups is 1. The fourth-order valence-corrected chi connectivity index (χ4v) is 2.10. The molecule has 0 aliphatic carbocycles. The van der Waals surface area contributed by atoms with Gasteiger partial charge in [-0.05, 0) is 32.3 Å². The van der Waals surface area contributed by atoms with Gasteiger partial charge >= 0.3 is 6.09 Å². The molecule has 0 saturated heterocycles. The molecule has 0 fully saturated rings. The number of nitrogens with zero attached hydrogens (tertiary/aromatic N) is 1.